The zero-order valence-corrected chi connectivity index (χ0v) is 21.8. The molecule has 1 spiro atoms. The van der Waals surface area contributed by atoms with Crippen molar-refractivity contribution in [2.24, 2.45) is 5.41 Å². The summed E-state index contributed by atoms with van der Waals surface area (Å²) in [5, 5.41) is 23.7. The number of nitrogens with one attached hydrogen (secondary N) is 2. The van der Waals surface area contributed by atoms with E-state index in [0.717, 1.165) is 59.9 Å². The molecule has 3 aliphatic rings. The number of pyridine rings is 1. The minimum absolute atomic E-state index is 0.188. The number of aromatic amines is 1. The fourth-order valence-electron chi connectivity index (χ4n) is 6.24. The molecule has 194 valence electrons. The lowest BCUT2D eigenvalue weighted by molar-refractivity contribution is -0.113. The fraction of sp³-hybridized carbons (Fsp3) is 0.385. The van der Waals surface area contributed by atoms with Gasteiger partial charge in [0.15, 0.2) is 0 Å². The van der Waals surface area contributed by atoms with E-state index in [4.69, 9.17) is 0 Å². The number of likely N-dealkylation sites (tertiary alicyclic amines) is 1. The number of tetrazole rings is 1. The fourth-order valence-corrected chi connectivity index (χ4v) is 6.24. The van der Waals surface area contributed by atoms with Crippen molar-refractivity contribution in [2.45, 2.75) is 19.9 Å². The summed E-state index contributed by atoms with van der Waals surface area (Å²) in [5.41, 5.74) is 5.27. The third-order valence-corrected chi connectivity index (χ3v) is 8.12. The molecule has 6 heterocycles. The van der Waals surface area contributed by atoms with E-state index in [2.05, 4.69) is 58.9 Å². The summed E-state index contributed by atoms with van der Waals surface area (Å²) in [4.78, 5) is 24.6. The van der Waals surface area contributed by atoms with Crippen LogP contribution in [0.3, 0.4) is 0 Å². The Bertz CT molecular complexity index is 1600. The Balaban J connectivity index is 1.15. The van der Waals surface area contributed by atoms with E-state index in [0.29, 0.717) is 22.6 Å². The van der Waals surface area contributed by atoms with Crippen LogP contribution >= 0.6 is 0 Å². The van der Waals surface area contributed by atoms with Crippen molar-refractivity contribution in [3.8, 4) is 11.3 Å². The van der Waals surface area contributed by atoms with Crippen LogP contribution in [0.1, 0.15) is 19.9 Å². The van der Waals surface area contributed by atoms with Gasteiger partial charge in [-0.25, -0.2) is 9.67 Å². The number of aromatic nitrogens is 7. The minimum atomic E-state index is -0.291. The average molecular weight is 512 g/mol. The number of carbonyl (C=O) groups is 1. The van der Waals surface area contributed by atoms with Crippen LogP contribution in [0.15, 0.2) is 47.8 Å². The highest BCUT2D eigenvalue weighted by molar-refractivity contribution is 6.07. The molecule has 0 radical (unpaired) electrons. The first-order valence-electron chi connectivity index (χ1n) is 12.7. The average Bonchev–Trinajstić information content (AvgIpc) is 3.52. The SMILES string of the molecule is CC1=C(C(=O)Nc2ccc3[nH]nc(-c4ccnc(N5CC6(CN(C)C6)C5)c4)c3c2)C(C)n2nnnc2N1C. The zero-order chi connectivity index (χ0) is 26.2. The molecule has 1 atom stereocenters. The lowest BCUT2D eigenvalue weighted by atomic mass is 9.73. The molecule has 38 heavy (non-hydrogen) atoms. The summed E-state index contributed by atoms with van der Waals surface area (Å²) in [6.07, 6.45) is 1.85. The molecule has 0 saturated carbocycles. The van der Waals surface area contributed by atoms with Crippen molar-refractivity contribution < 1.29 is 4.79 Å². The van der Waals surface area contributed by atoms with E-state index in [1.807, 2.05) is 56.3 Å². The highest BCUT2D eigenvalue weighted by atomic mass is 16.1. The molecule has 12 heteroatoms. The van der Waals surface area contributed by atoms with Gasteiger partial charge in [0.1, 0.15) is 11.5 Å². The Kier molecular flexibility index (Phi) is 4.86. The number of H-pyrrole nitrogens is 1. The number of allylic oxidation sites excluding steroid dienone is 1. The standard InChI is InChI=1S/C26H29N11O/c1-15-22(16(2)37-25(35(15)4)31-32-33-37)24(38)28-18-5-6-20-19(10-18)23(30-29-20)17-7-8-27-21(9-17)36-13-26(14-36)11-34(3)12-26/h5-10,16H,11-14H2,1-4H3,(H,28,38)(H,29,30). The van der Waals surface area contributed by atoms with Crippen LogP contribution in [-0.4, -0.2) is 86.5 Å². The highest BCUT2D eigenvalue weighted by Gasteiger charge is 2.50. The second-order valence-electron chi connectivity index (χ2n) is 10.9. The highest BCUT2D eigenvalue weighted by Crippen LogP contribution is 2.41. The van der Waals surface area contributed by atoms with Crippen LogP contribution in [0.5, 0.6) is 0 Å². The normalized spacial score (nSPS) is 20.5. The number of benzene rings is 1. The van der Waals surface area contributed by atoms with E-state index < -0.39 is 0 Å². The lowest BCUT2D eigenvalue weighted by Gasteiger charge is -2.59. The van der Waals surface area contributed by atoms with Crippen LogP contribution in [-0.2, 0) is 4.79 Å². The van der Waals surface area contributed by atoms with Gasteiger partial charge in [-0.15, -0.1) is 0 Å². The van der Waals surface area contributed by atoms with Crippen LogP contribution < -0.4 is 15.1 Å². The van der Waals surface area contributed by atoms with Crippen LogP contribution in [0, 0.1) is 5.41 Å². The monoisotopic (exact) mass is 511 g/mol. The minimum Gasteiger partial charge on any atom is -0.355 e. The first kappa shape index (κ1) is 22.8. The molecule has 2 fully saturated rings. The lowest BCUT2D eigenvalue weighted by Crippen LogP contribution is -2.71. The summed E-state index contributed by atoms with van der Waals surface area (Å²) in [6.45, 7) is 8.23. The van der Waals surface area contributed by atoms with Gasteiger partial charge in [-0.3, -0.25) is 9.89 Å². The van der Waals surface area contributed by atoms with Gasteiger partial charge in [-0.05, 0) is 61.7 Å². The van der Waals surface area contributed by atoms with Crippen LogP contribution in [0.2, 0.25) is 0 Å². The van der Waals surface area contributed by atoms with Gasteiger partial charge in [0.2, 0.25) is 5.95 Å². The summed E-state index contributed by atoms with van der Waals surface area (Å²) < 4.78 is 1.66. The molecule has 1 aromatic carbocycles. The Morgan fingerprint density at radius 1 is 1.13 bits per heavy atom. The topological polar surface area (TPSA) is 124 Å². The van der Waals surface area contributed by atoms with Crippen molar-refractivity contribution in [3.63, 3.8) is 0 Å². The second kappa shape index (κ2) is 8.09. The van der Waals surface area contributed by atoms with E-state index in [-0.39, 0.29) is 11.9 Å². The molecule has 0 aliphatic carbocycles. The summed E-state index contributed by atoms with van der Waals surface area (Å²) >= 11 is 0. The second-order valence-corrected chi connectivity index (χ2v) is 10.9. The van der Waals surface area contributed by atoms with Gasteiger partial charge in [0.25, 0.3) is 5.91 Å². The van der Waals surface area contributed by atoms with Crippen LogP contribution in [0.25, 0.3) is 22.2 Å². The smallest absolute Gasteiger partial charge is 0.255 e. The van der Waals surface area contributed by atoms with E-state index in [9.17, 15) is 4.79 Å². The number of hydrogen-bond donors (Lipinski definition) is 2. The predicted octanol–water partition coefficient (Wildman–Crippen LogP) is 2.29. The molecule has 3 aromatic heterocycles. The molecule has 2 N–H and O–H groups in total. The number of carbonyl (C=O) groups excluding carboxylic acids is 1. The van der Waals surface area contributed by atoms with Gasteiger partial charge in [-0.2, -0.15) is 5.10 Å². The van der Waals surface area contributed by atoms with Crippen molar-refractivity contribution >= 4 is 34.3 Å². The van der Waals surface area contributed by atoms with E-state index in [1.165, 1.54) is 0 Å². The number of rotatable bonds is 4. The van der Waals surface area contributed by atoms with Gasteiger partial charge >= 0.3 is 0 Å². The maximum atomic E-state index is 13.4. The maximum absolute atomic E-state index is 13.4. The van der Waals surface area contributed by atoms with E-state index >= 15 is 0 Å². The molecular weight excluding hydrogens is 482 g/mol. The Labute approximate surface area is 219 Å². The van der Waals surface area contributed by atoms with Gasteiger partial charge < -0.3 is 20.0 Å². The van der Waals surface area contributed by atoms with Gasteiger partial charge in [-0.1, -0.05) is 5.10 Å². The Morgan fingerprint density at radius 3 is 2.74 bits per heavy atom. The van der Waals surface area contributed by atoms with Crippen molar-refractivity contribution in [3.05, 3.63) is 47.8 Å². The Morgan fingerprint density at radius 2 is 1.95 bits per heavy atom. The third-order valence-electron chi connectivity index (χ3n) is 8.12. The molecule has 3 aliphatic heterocycles. The molecule has 0 bridgehead atoms. The summed E-state index contributed by atoms with van der Waals surface area (Å²) in [7, 11) is 4.02. The Hall–Kier alpha value is -4.32. The van der Waals surface area contributed by atoms with Crippen LogP contribution in [0.4, 0.5) is 17.5 Å². The first-order chi connectivity index (χ1) is 18.3. The van der Waals surface area contributed by atoms with Gasteiger partial charge in [0.05, 0.1) is 17.1 Å². The number of anilines is 3. The quantitative estimate of drug-likeness (QED) is 0.425. The summed E-state index contributed by atoms with van der Waals surface area (Å²) in [5.74, 6) is 1.40. The van der Waals surface area contributed by atoms with E-state index in [1.54, 1.807) is 4.68 Å². The number of fused-ring (bicyclic) bond motifs is 2. The maximum Gasteiger partial charge on any atom is 0.255 e. The molecule has 12 nitrogen and oxygen atoms in total. The van der Waals surface area contributed by atoms with Crippen molar-refractivity contribution in [1.82, 2.24) is 40.3 Å². The molecule has 2 saturated heterocycles. The molecule has 1 amide bonds. The molecule has 4 aromatic rings. The number of amides is 1. The zero-order valence-electron chi connectivity index (χ0n) is 21.8. The third kappa shape index (κ3) is 3.40. The summed E-state index contributed by atoms with van der Waals surface area (Å²) in [6, 6.07) is 9.57. The number of hydrogen-bond acceptors (Lipinski definition) is 9. The predicted molar refractivity (Wildman–Crippen MR) is 144 cm³/mol. The van der Waals surface area contributed by atoms with Crippen molar-refractivity contribution in [2.75, 3.05) is 55.4 Å². The number of nitrogens with zero attached hydrogens (tertiary/aromatic N) is 9. The van der Waals surface area contributed by atoms with Gasteiger partial charge in [0, 0.05) is 67.2 Å². The largest absolute Gasteiger partial charge is 0.355 e. The molecule has 7 rings (SSSR count). The molecular formula is C26H29N11O. The van der Waals surface area contributed by atoms with Crippen molar-refractivity contribution in [1.29, 1.82) is 0 Å². The first-order valence-corrected chi connectivity index (χ1v) is 12.7. The molecule has 1 unspecified atom stereocenters.